The van der Waals surface area contributed by atoms with Crippen molar-refractivity contribution in [1.29, 1.82) is 0 Å². The van der Waals surface area contributed by atoms with E-state index < -0.39 is 5.97 Å². The fourth-order valence-electron chi connectivity index (χ4n) is 2.41. The number of carbonyl (C=O) groups is 2. The van der Waals surface area contributed by atoms with Crippen LogP contribution >= 0.6 is 11.6 Å². The number of halogens is 1. The minimum absolute atomic E-state index is 0.180. The molecule has 3 aromatic rings. The zero-order valence-corrected chi connectivity index (χ0v) is 14.6. The summed E-state index contributed by atoms with van der Waals surface area (Å²) in [5.41, 5.74) is 2.15. The molecule has 25 heavy (non-hydrogen) atoms. The smallest absolute Gasteiger partial charge is 0.338 e. The van der Waals surface area contributed by atoms with Crippen LogP contribution in [0.2, 0.25) is 5.02 Å². The minimum Gasteiger partial charge on any atom is -0.459 e. The molecule has 1 amide bonds. The van der Waals surface area contributed by atoms with E-state index in [4.69, 9.17) is 16.3 Å². The van der Waals surface area contributed by atoms with Gasteiger partial charge in [0.1, 0.15) is 5.69 Å². The molecule has 3 rings (SSSR count). The van der Waals surface area contributed by atoms with E-state index in [2.05, 4.69) is 10.3 Å². The third-order valence-electron chi connectivity index (χ3n) is 3.57. The topological polar surface area (TPSA) is 71.2 Å². The Kier molecular flexibility index (Phi) is 4.76. The third-order valence-corrected chi connectivity index (χ3v) is 3.89. The highest BCUT2D eigenvalue weighted by Crippen LogP contribution is 2.24. The van der Waals surface area contributed by atoms with Crippen LogP contribution in [-0.2, 0) is 4.74 Å². The molecular formula is C19H17ClN2O3. The lowest BCUT2D eigenvalue weighted by Crippen LogP contribution is -2.13. The van der Waals surface area contributed by atoms with Crippen LogP contribution in [0.3, 0.4) is 0 Å². The summed E-state index contributed by atoms with van der Waals surface area (Å²) in [5.74, 6) is -0.678. The summed E-state index contributed by atoms with van der Waals surface area (Å²) in [6.07, 6.45) is -0.180. The number of ether oxygens (including phenoxy) is 1. The average molecular weight is 357 g/mol. The van der Waals surface area contributed by atoms with Crippen molar-refractivity contribution in [2.75, 3.05) is 5.32 Å². The number of rotatable bonds is 4. The lowest BCUT2D eigenvalue weighted by molar-refractivity contribution is 0.0378. The Labute approximate surface area is 149 Å². The first-order valence-electron chi connectivity index (χ1n) is 7.83. The maximum atomic E-state index is 12.4. The number of carbonyl (C=O) groups excluding carboxylic acids is 2. The van der Waals surface area contributed by atoms with Gasteiger partial charge >= 0.3 is 5.97 Å². The molecule has 0 aliphatic rings. The summed E-state index contributed by atoms with van der Waals surface area (Å²) in [5, 5.41) is 4.21. The molecule has 0 bridgehead atoms. The van der Waals surface area contributed by atoms with E-state index in [0.717, 1.165) is 10.9 Å². The van der Waals surface area contributed by atoms with E-state index in [-0.39, 0.29) is 12.0 Å². The summed E-state index contributed by atoms with van der Waals surface area (Å²) in [6.45, 7) is 3.58. The van der Waals surface area contributed by atoms with E-state index in [1.807, 2.05) is 12.1 Å². The van der Waals surface area contributed by atoms with Gasteiger partial charge in [0.15, 0.2) is 0 Å². The number of anilines is 1. The highest BCUT2D eigenvalue weighted by Gasteiger charge is 2.13. The normalized spacial score (nSPS) is 10.9. The Hall–Kier alpha value is -2.79. The molecule has 0 spiro atoms. The number of fused-ring (bicyclic) bond motifs is 1. The molecule has 0 radical (unpaired) electrons. The molecule has 128 valence electrons. The van der Waals surface area contributed by atoms with Crippen molar-refractivity contribution in [3.05, 3.63) is 64.8 Å². The molecule has 2 N–H and O–H groups in total. The first-order chi connectivity index (χ1) is 11.9. The molecule has 0 aliphatic heterocycles. The van der Waals surface area contributed by atoms with E-state index in [1.54, 1.807) is 50.2 Å². The lowest BCUT2D eigenvalue weighted by atomic mass is 10.2. The first kappa shape index (κ1) is 17.0. The van der Waals surface area contributed by atoms with Crippen LogP contribution in [0.5, 0.6) is 0 Å². The average Bonchev–Trinajstić information content (AvgIpc) is 3.01. The Morgan fingerprint density at radius 3 is 2.48 bits per heavy atom. The number of H-pyrrole nitrogens is 1. The van der Waals surface area contributed by atoms with Gasteiger partial charge in [-0.2, -0.15) is 0 Å². The SMILES string of the molecule is CC(C)OC(=O)c1ccc(NC(=O)c2cc3cccc(Cl)c3[nH]2)cc1. The monoisotopic (exact) mass is 356 g/mol. The largest absolute Gasteiger partial charge is 0.459 e. The molecule has 5 nitrogen and oxygen atoms in total. The number of hydrogen-bond acceptors (Lipinski definition) is 3. The number of nitrogens with one attached hydrogen (secondary N) is 2. The number of aromatic nitrogens is 1. The Morgan fingerprint density at radius 1 is 1.12 bits per heavy atom. The first-order valence-corrected chi connectivity index (χ1v) is 8.21. The van der Waals surface area contributed by atoms with Crippen LogP contribution in [0, 0.1) is 0 Å². The second kappa shape index (κ2) is 6.99. The quantitative estimate of drug-likeness (QED) is 0.669. The van der Waals surface area contributed by atoms with Crippen LogP contribution in [0.15, 0.2) is 48.5 Å². The summed E-state index contributed by atoms with van der Waals surface area (Å²) in [7, 11) is 0. The van der Waals surface area contributed by atoms with Gasteiger partial charge in [0.2, 0.25) is 0 Å². The van der Waals surface area contributed by atoms with Gasteiger partial charge in [-0.15, -0.1) is 0 Å². The summed E-state index contributed by atoms with van der Waals surface area (Å²) >= 11 is 6.11. The number of para-hydroxylation sites is 1. The molecule has 0 unspecified atom stereocenters. The zero-order valence-electron chi connectivity index (χ0n) is 13.8. The van der Waals surface area contributed by atoms with Gasteiger partial charge in [-0.3, -0.25) is 4.79 Å². The van der Waals surface area contributed by atoms with Crippen molar-refractivity contribution in [3.8, 4) is 0 Å². The number of esters is 1. The van der Waals surface area contributed by atoms with Crippen LogP contribution < -0.4 is 5.32 Å². The predicted octanol–water partition coefficient (Wildman–Crippen LogP) is 4.64. The van der Waals surface area contributed by atoms with Crippen LogP contribution in [0.4, 0.5) is 5.69 Å². The third kappa shape index (κ3) is 3.83. The molecule has 0 saturated carbocycles. The van der Waals surface area contributed by atoms with Gasteiger partial charge in [0, 0.05) is 11.1 Å². The Morgan fingerprint density at radius 2 is 1.84 bits per heavy atom. The van der Waals surface area contributed by atoms with Gasteiger partial charge in [0.25, 0.3) is 5.91 Å². The Bertz CT molecular complexity index is 929. The van der Waals surface area contributed by atoms with Gasteiger partial charge in [-0.1, -0.05) is 23.7 Å². The maximum Gasteiger partial charge on any atom is 0.338 e. The van der Waals surface area contributed by atoms with Crippen molar-refractivity contribution in [3.63, 3.8) is 0 Å². The van der Waals surface area contributed by atoms with Gasteiger partial charge < -0.3 is 15.0 Å². The molecule has 0 saturated heterocycles. The molecular weight excluding hydrogens is 340 g/mol. The molecule has 0 fully saturated rings. The standard InChI is InChI=1S/C19H17ClN2O3/c1-11(2)25-19(24)12-6-8-14(9-7-12)21-18(23)16-10-13-4-3-5-15(20)17(13)22-16/h3-11,22H,1-2H3,(H,21,23). The van der Waals surface area contributed by atoms with Gasteiger partial charge in [0.05, 0.1) is 22.2 Å². The summed E-state index contributed by atoms with van der Waals surface area (Å²) < 4.78 is 5.13. The second-order valence-corrected chi connectivity index (χ2v) is 6.28. The van der Waals surface area contributed by atoms with Crippen LogP contribution in [0.1, 0.15) is 34.7 Å². The number of amides is 1. The zero-order chi connectivity index (χ0) is 18.0. The molecule has 2 aromatic carbocycles. The number of hydrogen-bond donors (Lipinski definition) is 2. The lowest BCUT2D eigenvalue weighted by Gasteiger charge is -2.08. The second-order valence-electron chi connectivity index (χ2n) is 5.87. The maximum absolute atomic E-state index is 12.4. The highest BCUT2D eigenvalue weighted by molar-refractivity contribution is 6.35. The molecule has 1 aromatic heterocycles. The molecule has 0 aliphatic carbocycles. The highest BCUT2D eigenvalue weighted by atomic mass is 35.5. The Balaban J connectivity index is 1.74. The van der Waals surface area contributed by atoms with Crippen molar-refractivity contribution < 1.29 is 14.3 Å². The summed E-state index contributed by atoms with van der Waals surface area (Å²) in [4.78, 5) is 27.2. The predicted molar refractivity (Wildman–Crippen MR) is 98.3 cm³/mol. The van der Waals surface area contributed by atoms with E-state index in [0.29, 0.717) is 22.0 Å². The summed E-state index contributed by atoms with van der Waals surface area (Å²) in [6, 6.07) is 13.8. The number of benzene rings is 2. The van der Waals surface area contributed by atoms with Crippen LogP contribution in [0.25, 0.3) is 10.9 Å². The fourth-order valence-corrected chi connectivity index (χ4v) is 2.64. The van der Waals surface area contributed by atoms with Crippen molar-refractivity contribution in [1.82, 2.24) is 4.98 Å². The van der Waals surface area contributed by atoms with E-state index >= 15 is 0 Å². The molecule has 6 heteroatoms. The minimum atomic E-state index is -0.391. The van der Waals surface area contributed by atoms with Crippen molar-refractivity contribution in [2.45, 2.75) is 20.0 Å². The van der Waals surface area contributed by atoms with Crippen molar-refractivity contribution in [2.24, 2.45) is 0 Å². The fraction of sp³-hybridized carbons (Fsp3) is 0.158. The van der Waals surface area contributed by atoms with Gasteiger partial charge in [-0.05, 0) is 50.2 Å². The van der Waals surface area contributed by atoms with E-state index in [9.17, 15) is 9.59 Å². The van der Waals surface area contributed by atoms with E-state index in [1.165, 1.54) is 0 Å². The van der Waals surface area contributed by atoms with Crippen molar-refractivity contribution >= 4 is 40.1 Å². The van der Waals surface area contributed by atoms with Gasteiger partial charge in [-0.25, -0.2) is 4.79 Å². The number of aromatic amines is 1. The molecule has 0 atom stereocenters. The van der Waals surface area contributed by atoms with Crippen LogP contribution in [-0.4, -0.2) is 23.0 Å². The molecule has 1 heterocycles.